The largest absolute Gasteiger partial charge is 0.325 e. The Bertz CT molecular complexity index is 551. The molecule has 1 N–H and O–H groups in total. The predicted molar refractivity (Wildman–Crippen MR) is 85.1 cm³/mol. The van der Waals surface area contributed by atoms with E-state index in [-0.39, 0.29) is 18.0 Å². The summed E-state index contributed by atoms with van der Waals surface area (Å²) in [6.45, 7) is 0.740. The van der Waals surface area contributed by atoms with Crippen molar-refractivity contribution in [3.8, 4) is 6.07 Å². The number of hydrogen-bond acceptors (Lipinski definition) is 3. The van der Waals surface area contributed by atoms with Gasteiger partial charge >= 0.3 is 0 Å². The van der Waals surface area contributed by atoms with E-state index in [2.05, 4.69) is 35.7 Å². The highest BCUT2D eigenvalue weighted by Crippen LogP contribution is 2.23. The van der Waals surface area contributed by atoms with E-state index in [0.29, 0.717) is 6.04 Å². The summed E-state index contributed by atoms with van der Waals surface area (Å²) in [4.78, 5) is 14.3. The van der Waals surface area contributed by atoms with Crippen molar-refractivity contribution in [1.29, 1.82) is 5.26 Å². The zero-order valence-electron chi connectivity index (χ0n) is 12.9. The maximum atomic E-state index is 12.5. The Labute approximate surface area is 132 Å². The highest BCUT2D eigenvalue weighted by molar-refractivity contribution is 5.83. The van der Waals surface area contributed by atoms with Crippen LogP contribution in [0.15, 0.2) is 30.3 Å². The molecule has 0 unspecified atom stereocenters. The van der Waals surface area contributed by atoms with Gasteiger partial charge in [-0.2, -0.15) is 5.26 Å². The summed E-state index contributed by atoms with van der Waals surface area (Å²) in [5.74, 6) is 0.131. The number of carbonyl (C=O) groups is 1. The van der Waals surface area contributed by atoms with Gasteiger partial charge in [0.1, 0.15) is 6.04 Å². The monoisotopic (exact) mass is 297 g/mol. The van der Waals surface area contributed by atoms with Gasteiger partial charge in [0.05, 0.1) is 12.1 Å². The second-order valence-corrected chi connectivity index (χ2v) is 6.34. The SMILES string of the molecule is N#C[C@@H]1CCCN1C(=O)[C@@H]1CC[C@@H](CCc2ccccc2)N1. The van der Waals surface area contributed by atoms with Gasteiger partial charge in [-0.05, 0) is 44.1 Å². The lowest BCUT2D eigenvalue weighted by Crippen LogP contribution is -2.46. The fourth-order valence-electron chi connectivity index (χ4n) is 3.59. The van der Waals surface area contributed by atoms with Crippen molar-refractivity contribution >= 4 is 5.91 Å². The van der Waals surface area contributed by atoms with Crippen molar-refractivity contribution in [1.82, 2.24) is 10.2 Å². The van der Waals surface area contributed by atoms with Crippen molar-refractivity contribution in [2.24, 2.45) is 0 Å². The molecule has 3 rings (SSSR count). The van der Waals surface area contributed by atoms with Crippen LogP contribution in [0, 0.1) is 11.3 Å². The van der Waals surface area contributed by atoms with Crippen molar-refractivity contribution in [3.63, 3.8) is 0 Å². The summed E-state index contributed by atoms with van der Waals surface area (Å²) < 4.78 is 0. The number of hydrogen-bond donors (Lipinski definition) is 1. The van der Waals surface area contributed by atoms with Crippen LogP contribution in [0.4, 0.5) is 0 Å². The van der Waals surface area contributed by atoms with E-state index in [0.717, 1.165) is 45.1 Å². The first-order chi connectivity index (χ1) is 10.8. The van der Waals surface area contributed by atoms with E-state index in [4.69, 9.17) is 5.26 Å². The predicted octanol–water partition coefficient (Wildman–Crippen LogP) is 2.25. The zero-order chi connectivity index (χ0) is 15.4. The van der Waals surface area contributed by atoms with Crippen molar-refractivity contribution in [3.05, 3.63) is 35.9 Å². The lowest BCUT2D eigenvalue weighted by atomic mass is 10.0. The Hall–Kier alpha value is -1.86. The third-order valence-electron chi connectivity index (χ3n) is 4.85. The second-order valence-electron chi connectivity index (χ2n) is 6.34. The number of nitriles is 1. The molecule has 2 aliphatic heterocycles. The van der Waals surface area contributed by atoms with Crippen LogP contribution in [0.2, 0.25) is 0 Å². The maximum absolute atomic E-state index is 12.5. The number of nitrogens with zero attached hydrogens (tertiary/aromatic N) is 2. The zero-order valence-corrected chi connectivity index (χ0v) is 12.9. The maximum Gasteiger partial charge on any atom is 0.240 e. The van der Waals surface area contributed by atoms with Crippen molar-refractivity contribution in [2.45, 2.75) is 56.7 Å². The molecular weight excluding hydrogens is 274 g/mol. The molecule has 0 aliphatic carbocycles. The van der Waals surface area contributed by atoms with Gasteiger partial charge in [-0.15, -0.1) is 0 Å². The smallest absolute Gasteiger partial charge is 0.240 e. The molecule has 0 radical (unpaired) electrons. The van der Waals surface area contributed by atoms with Crippen LogP contribution in [0.3, 0.4) is 0 Å². The summed E-state index contributed by atoms with van der Waals surface area (Å²) in [5, 5.41) is 12.6. The van der Waals surface area contributed by atoms with Gasteiger partial charge < -0.3 is 10.2 Å². The molecule has 1 amide bonds. The summed E-state index contributed by atoms with van der Waals surface area (Å²) >= 11 is 0. The minimum absolute atomic E-state index is 0.0882. The topological polar surface area (TPSA) is 56.1 Å². The molecule has 0 spiro atoms. The Morgan fingerprint density at radius 3 is 2.86 bits per heavy atom. The first-order valence-corrected chi connectivity index (χ1v) is 8.28. The third-order valence-corrected chi connectivity index (χ3v) is 4.85. The van der Waals surface area contributed by atoms with E-state index in [1.807, 2.05) is 6.07 Å². The fraction of sp³-hybridized carbons (Fsp3) is 0.556. The van der Waals surface area contributed by atoms with E-state index in [1.54, 1.807) is 4.90 Å². The Morgan fingerprint density at radius 2 is 2.09 bits per heavy atom. The summed E-state index contributed by atoms with van der Waals surface area (Å²) in [5.41, 5.74) is 1.35. The summed E-state index contributed by atoms with van der Waals surface area (Å²) in [6.07, 6.45) is 5.83. The summed E-state index contributed by atoms with van der Waals surface area (Å²) in [6, 6.07) is 12.8. The van der Waals surface area contributed by atoms with Crippen LogP contribution in [-0.4, -0.2) is 35.5 Å². The highest BCUT2D eigenvalue weighted by atomic mass is 16.2. The molecule has 1 aromatic rings. The van der Waals surface area contributed by atoms with E-state index in [9.17, 15) is 4.79 Å². The van der Waals surface area contributed by atoms with Gasteiger partial charge in [-0.3, -0.25) is 4.79 Å². The minimum Gasteiger partial charge on any atom is -0.325 e. The van der Waals surface area contributed by atoms with Crippen LogP contribution >= 0.6 is 0 Å². The standard InChI is InChI=1S/C18H23N3O/c19-13-16-7-4-12-21(16)18(22)17-11-10-15(20-17)9-8-14-5-2-1-3-6-14/h1-3,5-6,15-17,20H,4,7-12H2/t15-,16+,17+/m1/s1. The van der Waals surface area contributed by atoms with Crippen LogP contribution in [0.1, 0.15) is 37.7 Å². The van der Waals surface area contributed by atoms with Gasteiger partial charge in [0.2, 0.25) is 5.91 Å². The summed E-state index contributed by atoms with van der Waals surface area (Å²) in [7, 11) is 0. The molecule has 1 aromatic carbocycles. The number of amides is 1. The van der Waals surface area contributed by atoms with Crippen LogP contribution in [0.5, 0.6) is 0 Å². The van der Waals surface area contributed by atoms with Crippen molar-refractivity contribution in [2.75, 3.05) is 6.54 Å². The number of benzene rings is 1. The highest BCUT2D eigenvalue weighted by Gasteiger charge is 2.36. The number of aryl methyl sites for hydroxylation is 1. The lowest BCUT2D eigenvalue weighted by molar-refractivity contribution is -0.133. The Morgan fingerprint density at radius 1 is 1.27 bits per heavy atom. The quantitative estimate of drug-likeness (QED) is 0.927. The van der Waals surface area contributed by atoms with E-state index in [1.165, 1.54) is 5.56 Å². The van der Waals surface area contributed by atoms with Gasteiger partial charge in [-0.25, -0.2) is 0 Å². The fourth-order valence-corrected chi connectivity index (χ4v) is 3.59. The molecule has 0 aromatic heterocycles. The van der Waals surface area contributed by atoms with E-state index < -0.39 is 0 Å². The average Bonchev–Trinajstić information content (AvgIpc) is 3.22. The minimum atomic E-state index is -0.210. The number of rotatable bonds is 4. The molecule has 116 valence electrons. The molecule has 2 saturated heterocycles. The average molecular weight is 297 g/mol. The molecule has 3 atom stereocenters. The van der Waals surface area contributed by atoms with Gasteiger partial charge in [-0.1, -0.05) is 30.3 Å². The molecule has 0 bridgehead atoms. The number of carbonyl (C=O) groups excluding carboxylic acids is 1. The molecule has 2 aliphatic rings. The Kier molecular flexibility index (Phi) is 4.74. The van der Waals surface area contributed by atoms with Crippen LogP contribution < -0.4 is 5.32 Å². The molecule has 22 heavy (non-hydrogen) atoms. The lowest BCUT2D eigenvalue weighted by Gasteiger charge is -2.23. The normalized spacial score (nSPS) is 27.8. The third kappa shape index (κ3) is 3.31. The molecule has 0 saturated carbocycles. The van der Waals surface area contributed by atoms with Gasteiger partial charge in [0, 0.05) is 12.6 Å². The Balaban J connectivity index is 1.50. The molecule has 4 heteroatoms. The van der Waals surface area contributed by atoms with E-state index >= 15 is 0 Å². The second kappa shape index (κ2) is 6.93. The molecule has 2 heterocycles. The number of likely N-dealkylation sites (tertiary alicyclic amines) is 1. The van der Waals surface area contributed by atoms with Gasteiger partial charge in [0.15, 0.2) is 0 Å². The van der Waals surface area contributed by atoms with Crippen molar-refractivity contribution < 1.29 is 4.79 Å². The van der Waals surface area contributed by atoms with Crippen LogP contribution in [0.25, 0.3) is 0 Å². The van der Waals surface area contributed by atoms with Gasteiger partial charge in [0.25, 0.3) is 0 Å². The number of nitrogens with one attached hydrogen (secondary N) is 1. The molecule has 2 fully saturated rings. The molecular formula is C18H23N3O. The molecule has 4 nitrogen and oxygen atoms in total. The first-order valence-electron chi connectivity index (χ1n) is 8.28. The first kappa shape index (κ1) is 15.1. The van der Waals surface area contributed by atoms with Crippen LogP contribution in [-0.2, 0) is 11.2 Å².